The molecule has 128 valence electrons. The summed E-state index contributed by atoms with van der Waals surface area (Å²) in [5.74, 6) is 4.10. The highest BCUT2D eigenvalue weighted by atomic mass is 16.1. The van der Waals surface area contributed by atoms with Gasteiger partial charge in [-0.2, -0.15) is 5.26 Å². The van der Waals surface area contributed by atoms with Crippen LogP contribution in [0.25, 0.3) is 0 Å². The van der Waals surface area contributed by atoms with E-state index >= 15 is 0 Å². The van der Waals surface area contributed by atoms with Crippen molar-refractivity contribution in [1.29, 1.82) is 5.26 Å². The molecule has 5 aliphatic rings. The Kier molecular flexibility index (Phi) is 2.75. The highest BCUT2D eigenvalue weighted by molar-refractivity contribution is 5.91. The van der Waals surface area contributed by atoms with Gasteiger partial charge in [-0.1, -0.05) is 19.4 Å². The SMILES string of the molecule is CC12CCC(=O)C=C1CCC1C2CCC2(C)C1C1CC1C2(C)C#N. The lowest BCUT2D eigenvalue weighted by Gasteiger charge is -2.59. The average molecular weight is 323 g/mol. The lowest BCUT2D eigenvalue weighted by atomic mass is 9.44. The van der Waals surface area contributed by atoms with Crippen molar-refractivity contribution < 1.29 is 4.79 Å². The molecule has 0 bridgehead atoms. The van der Waals surface area contributed by atoms with Crippen molar-refractivity contribution in [2.75, 3.05) is 0 Å². The van der Waals surface area contributed by atoms with E-state index in [9.17, 15) is 10.1 Å². The molecule has 0 aromatic carbocycles. The number of ketones is 1. The van der Waals surface area contributed by atoms with Crippen LogP contribution in [0.5, 0.6) is 0 Å². The smallest absolute Gasteiger partial charge is 0.155 e. The molecule has 0 amide bonds. The van der Waals surface area contributed by atoms with Crippen LogP contribution in [0.15, 0.2) is 11.6 Å². The van der Waals surface area contributed by atoms with Crippen molar-refractivity contribution in [3.63, 3.8) is 0 Å². The molecule has 8 atom stereocenters. The molecule has 2 heteroatoms. The van der Waals surface area contributed by atoms with E-state index in [1.807, 2.05) is 6.08 Å². The first-order valence-corrected chi connectivity index (χ1v) is 10.0. The number of carbonyl (C=O) groups excluding carboxylic acids is 1. The summed E-state index contributed by atoms with van der Waals surface area (Å²) in [7, 11) is 0. The number of hydrogen-bond acceptors (Lipinski definition) is 2. The molecular formula is C22H29NO. The fourth-order valence-corrected chi connectivity index (χ4v) is 8.11. The van der Waals surface area contributed by atoms with Crippen LogP contribution in [0.3, 0.4) is 0 Å². The highest BCUT2D eigenvalue weighted by Crippen LogP contribution is 2.79. The first-order valence-electron chi connectivity index (χ1n) is 10.0. The summed E-state index contributed by atoms with van der Waals surface area (Å²) >= 11 is 0. The average Bonchev–Trinajstić information content (AvgIpc) is 3.31. The number of fused-ring (bicyclic) bond motifs is 7. The fourth-order valence-electron chi connectivity index (χ4n) is 8.11. The molecule has 0 aromatic heterocycles. The second-order valence-corrected chi connectivity index (χ2v) is 10.2. The van der Waals surface area contributed by atoms with E-state index in [2.05, 4.69) is 26.8 Å². The monoisotopic (exact) mass is 323 g/mol. The summed E-state index contributed by atoms with van der Waals surface area (Å²) in [5, 5.41) is 9.99. The summed E-state index contributed by atoms with van der Waals surface area (Å²) in [4.78, 5) is 11.9. The van der Waals surface area contributed by atoms with E-state index in [1.54, 1.807) is 0 Å². The van der Waals surface area contributed by atoms with Gasteiger partial charge < -0.3 is 0 Å². The van der Waals surface area contributed by atoms with Crippen LogP contribution in [-0.4, -0.2) is 5.78 Å². The molecule has 24 heavy (non-hydrogen) atoms. The standard InChI is InChI=1S/C22H29NO/c1-20-8-6-14(24)10-13(20)4-5-15-17(20)7-9-21(2)19(15)16-11-18(16)22(21,3)12-23/h10,15-19H,4-9,11H2,1-3H3. The quantitative estimate of drug-likeness (QED) is 0.636. The number of allylic oxidation sites excluding steroid dienone is 1. The predicted molar refractivity (Wildman–Crippen MR) is 92.8 cm³/mol. The molecule has 2 nitrogen and oxygen atoms in total. The highest BCUT2D eigenvalue weighted by Gasteiger charge is 2.75. The van der Waals surface area contributed by atoms with Crippen LogP contribution in [0.2, 0.25) is 0 Å². The molecule has 0 aliphatic heterocycles. The van der Waals surface area contributed by atoms with Crippen LogP contribution in [0.4, 0.5) is 0 Å². The van der Waals surface area contributed by atoms with Crippen molar-refractivity contribution in [1.82, 2.24) is 0 Å². The first kappa shape index (κ1) is 15.2. The van der Waals surface area contributed by atoms with Crippen LogP contribution in [0.1, 0.15) is 65.7 Å². The van der Waals surface area contributed by atoms with E-state index in [0.717, 1.165) is 42.9 Å². The second kappa shape index (κ2) is 4.35. The minimum Gasteiger partial charge on any atom is -0.295 e. The van der Waals surface area contributed by atoms with Gasteiger partial charge in [0.05, 0.1) is 11.5 Å². The Morgan fingerprint density at radius 3 is 2.62 bits per heavy atom. The zero-order valence-electron chi connectivity index (χ0n) is 15.3. The Bertz CT molecular complexity index is 701. The lowest BCUT2D eigenvalue weighted by molar-refractivity contribution is -0.118. The lowest BCUT2D eigenvalue weighted by Crippen LogP contribution is -2.53. The molecule has 0 spiro atoms. The van der Waals surface area contributed by atoms with Crippen molar-refractivity contribution >= 4 is 5.78 Å². The van der Waals surface area contributed by atoms with Crippen LogP contribution in [-0.2, 0) is 4.79 Å². The van der Waals surface area contributed by atoms with Gasteiger partial charge in [-0.25, -0.2) is 0 Å². The van der Waals surface area contributed by atoms with Gasteiger partial charge in [-0.05, 0) is 91.9 Å². The third-order valence-electron chi connectivity index (χ3n) is 9.67. The molecule has 8 unspecified atom stereocenters. The summed E-state index contributed by atoms with van der Waals surface area (Å²) in [5.41, 5.74) is 1.83. The maximum absolute atomic E-state index is 11.9. The van der Waals surface area contributed by atoms with Crippen LogP contribution in [0, 0.1) is 57.2 Å². The first-order chi connectivity index (χ1) is 11.3. The molecule has 0 saturated heterocycles. The second-order valence-electron chi connectivity index (χ2n) is 10.2. The van der Waals surface area contributed by atoms with E-state index in [1.165, 1.54) is 31.3 Å². The van der Waals surface area contributed by atoms with Crippen LogP contribution >= 0.6 is 0 Å². The summed E-state index contributed by atoms with van der Waals surface area (Å²) < 4.78 is 0. The van der Waals surface area contributed by atoms with E-state index in [-0.39, 0.29) is 16.2 Å². The Balaban J connectivity index is 1.55. The Morgan fingerprint density at radius 2 is 1.88 bits per heavy atom. The largest absolute Gasteiger partial charge is 0.295 e. The Morgan fingerprint density at radius 1 is 1.08 bits per heavy atom. The topological polar surface area (TPSA) is 40.9 Å². The van der Waals surface area contributed by atoms with E-state index in [0.29, 0.717) is 11.7 Å². The molecule has 5 aliphatic carbocycles. The molecule has 0 aromatic rings. The Labute approximate surface area is 145 Å². The summed E-state index contributed by atoms with van der Waals surface area (Å²) in [6.45, 7) is 7.17. The zero-order valence-corrected chi connectivity index (χ0v) is 15.3. The molecule has 0 heterocycles. The van der Waals surface area contributed by atoms with Gasteiger partial charge in [0.2, 0.25) is 0 Å². The van der Waals surface area contributed by atoms with Gasteiger partial charge in [0, 0.05) is 6.42 Å². The van der Waals surface area contributed by atoms with Crippen molar-refractivity contribution in [3.05, 3.63) is 11.6 Å². The third kappa shape index (κ3) is 1.52. The number of nitriles is 1. The normalized spacial score (nSPS) is 57.8. The number of carbonyl (C=O) groups is 1. The van der Waals surface area contributed by atoms with Gasteiger partial charge in [-0.3, -0.25) is 4.79 Å². The van der Waals surface area contributed by atoms with E-state index < -0.39 is 0 Å². The minimum atomic E-state index is -0.104. The summed E-state index contributed by atoms with van der Waals surface area (Å²) in [6.07, 6.45) is 9.95. The minimum absolute atomic E-state index is 0.104. The number of nitrogens with zero attached hydrogens (tertiary/aromatic N) is 1. The van der Waals surface area contributed by atoms with Gasteiger partial charge in [0.25, 0.3) is 0 Å². The molecule has 4 saturated carbocycles. The van der Waals surface area contributed by atoms with Gasteiger partial charge in [0.15, 0.2) is 5.78 Å². The summed E-state index contributed by atoms with van der Waals surface area (Å²) in [6, 6.07) is 2.78. The maximum atomic E-state index is 11.9. The van der Waals surface area contributed by atoms with Crippen molar-refractivity contribution in [3.8, 4) is 6.07 Å². The molecule has 4 fully saturated rings. The molecular weight excluding hydrogens is 294 g/mol. The molecule has 0 radical (unpaired) electrons. The third-order valence-corrected chi connectivity index (χ3v) is 9.67. The van der Waals surface area contributed by atoms with E-state index in [4.69, 9.17) is 0 Å². The maximum Gasteiger partial charge on any atom is 0.155 e. The fraction of sp³-hybridized carbons (Fsp3) is 0.818. The molecule has 0 N–H and O–H groups in total. The predicted octanol–water partition coefficient (Wildman–Crippen LogP) is 4.90. The number of rotatable bonds is 0. The number of hydrogen-bond donors (Lipinski definition) is 0. The van der Waals surface area contributed by atoms with Crippen LogP contribution < -0.4 is 0 Å². The molecule has 5 rings (SSSR count). The van der Waals surface area contributed by atoms with Crippen molar-refractivity contribution in [2.45, 2.75) is 65.7 Å². The van der Waals surface area contributed by atoms with Gasteiger partial charge in [0.1, 0.15) is 0 Å². The van der Waals surface area contributed by atoms with Gasteiger partial charge >= 0.3 is 0 Å². The van der Waals surface area contributed by atoms with Crippen molar-refractivity contribution in [2.24, 2.45) is 45.8 Å². The Hall–Kier alpha value is -1.10. The van der Waals surface area contributed by atoms with Gasteiger partial charge in [-0.15, -0.1) is 0 Å². The zero-order chi connectivity index (χ0) is 16.9.